The average molecular weight is 493 g/mol. The molecular weight excluding hydrogens is 468 g/mol. The number of fused-ring (bicyclic) bond motifs is 2. The van der Waals surface area contributed by atoms with Crippen LogP contribution in [0.15, 0.2) is 94.9 Å². The lowest BCUT2D eigenvalue weighted by Crippen LogP contribution is -2.33. The third-order valence-corrected chi connectivity index (χ3v) is 6.66. The van der Waals surface area contributed by atoms with Crippen LogP contribution in [-0.4, -0.2) is 24.1 Å². The summed E-state index contributed by atoms with van der Waals surface area (Å²) in [5, 5.41) is 2.54. The van der Waals surface area contributed by atoms with Crippen molar-refractivity contribution in [3.63, 3.8) is 0 Å². The van der Waals surface area contributed by atoms with Gasteiger partial charge in [0.05, 0.1) is 10.7 Å². The van der Waals surface area contributed by atoms with Crippen molar-refractivity contribution >= 4 is 44.8 Å². The van der Waals surface area contributed by atoms with Gasteiger partial charge >= 0.3 is 0 Å². The molecule has 174 valence electrons. The van der Waals surface area contributed by atoms with Gasteiger partial charge in [-0.3, -0.25) is 4.55 Å². The molecule has 1 N–H and O–H groups in total. The summed E-state index contributed by atoms with van der Waals surface area (Å²) in [6.07, 6.45) is 2.31. The Balaban J connectivity index is 0.000000499. The van der Waals surface area contributed by atoms with E-state index in [4.69, 9.17) is 17.5 Å². The van der Waals surface area contributed by atoms with Crippen LogP contribution in [0.4, 0.5) is 5.69 Å². The van der Waals surface area contributed by atoms with Gasteiger partial charge in [-0.1, -0.05) is 60.3 Å². The van der Waals surface area contributed by atoms with Gasteiger partial charge in [-0.15, -0.1) is 0 Å². The van der Waals surface area contributed by atoms with E-state index in [-0.39, 0.29) is 0 Å². The van der Waals surface area contributed by atoms with E-state index in [0.717, 1.165) is 6.54 Å². The number of pyridine rings is 1. The molecule has 0 unspecified atom stereocenters. The van der Waals surface area contributed by atoms with Crippen LogP contribution in [0, 0.1) is 0 Å². The van der Waals surface area contributed by atoms with Gasteiger partial charge in [-0.05, 0) is 42.3 Å². The monoisotopic (exact) mass is 492 g/mol. The van der Waals surface area contributed by atoms with E-state index in [1.807, 2.05) is 11.8 Å². The zero-order chi connectivity index (χ0) is 24.3. The Morgan fingerprint density at radius 3 is 2.35 bits per heavy atom. The van der Waals surface area contributed by atoms with E-state index >= 15 is 0 Å². The van der Waals surface area contributed by atoms with Crippen LogP contribution < -0.4 is 9.47 Å². The topological polar surface area (TPSA) is 84.6 Å². The molecule has 2 heterocycles. The number of benzene rings is 3. The minimum absolute atomic E-state index is 0.946. The second-order valence-electron chi connectivity index (χ2n) is 7.68. The minimum atomic E-state index is -4.92. The fraction of sp³-hybridized carbons (Fsp3) is 0.115. The first kappa shape index (κ1) is 24.0. The lowest BCUT2D eigenvalue weighted by Gasteiger charge is -2.18. The summed E-state index contributed by atoms with van der Waals surface area (Å²) < 4.78 is 35.1. The first-order valence-electron chi connectivity index (χ1n) is 10.7. The SMILES string of the molecule is CCN1/C(=C/c2ccc3ccccc3[n+]2C)Sc2ccc(-c3ccccc3)cc21.O=S(=O)([O-])O. The number of aryl methyl sites for hydroxylation is 1. The van der Waals surface area contributed by atoms with Crippen LogP contribution in [0.2, 0.25) is 0 Å². The van der Waals surface area contributed by atoms with Crippen LogP contribution in [0.3, 0.4) is 0 Å². The molecule has 0 aliphatic carbocycles. The molecule has 0 radical (unpaired) electrons. The Morgan fingerprint density at radius 2 is 1.65 bits per heavy atom. The van der Waals surface area contributed by atoms with Crippen molar-refractivity contribution in [1.82, 2.24) is 0 Å². The van der Waals surface area contributed by atoms with Gasteiger partial charge in [0, 0.05) is 35.0 Å². The zero-order valence-corrected chi connectivity index (χ0v) is 20.4. The number of aromatic nitrogens is 1. The van der Waals surface area contributed by atoms with Crippen LogP contribution in [0.25, 0.3) is 28.1 Å². The molecule has 4 aromatic rings. The van der Waals surface area contributed by atoms with Crippen molar-refractivity contribution in [2.45, 2.75) is 11.8 Å². The largest absolute Gasteiger partial charge is 0.726 e. The standard InChI is InChI=1S/C26H23N2S.H2O4S/c1-3-28-24-17-21(19-9-5-4-6-10-19)14-16-25(24)29-26(28)18-22-15-13-20-11-7-8-12-23(20)27(22)2;1-5(2,3)4/h4-18H,3H2,1-2H3;(H2,1,2,3,4)/q+1;/p-1. The van der Waals surface area contributed by atoms with Crippen molar-refractivity contribution in [2.75, 3.05) is 11.4 Å². The van der Waals surface area contributed by atoms with Gasteiger partial charge in [0.25, 0.3) is 0 Å². The number of hydrogen-bond acceptors (Lipinski definition) is 5. The van der Waals surface area contributed by atoms with Gasteiger partial charge in [0.1, 0.15) is 7.05 Å². The predicted molar refractivity (Wildman–Crippen MR) is 136 cm³/mol. The number of anilines is 1. The molecule has 34 heavy (non-hydrogen) atoms. The van der Waals surface area contributed by atoms with Gasteiger partial charge in [-0.25, -0.2) is 8.42 Å². The lowest BCUT2D eigenvalue weighted by atomic mass is 10.0. The van der Waals surface area contributed by atoms with Crippen LogP contribution in [-0.2, 0) is 17.4 Å². The zero-order valence-electron chi connectivity index (χ0n) is 18.8. The highest BCUT2D eigenvalue weighted by Gasteiger charge is 2.25. The summed E-state index contributed by atoms with van der Waals surface area (Å²) in [7, 11) is -2.77. The van der Waals surface area contributed by atoms with Crippen molar-refractivity contribution in [2.24, 2.45) is 7.05 Å². The number of nitrogens with zero attached hydrogens (tertiary/aromatic N) is 2. The summed E-state index contributed by atoms with van der Waals surface area (Å²) in [4.78, 5) is 3.74. The molecule has 8 heteroatoms. The average Bonchev–Trinajstić information content (AvgIpc) is 3.17. The quantitative estimate of drug-likeness (QED) is 0.238. The van der Waals surface area contributed by atoms with E-state index in [1.54, 1.807) is 0 Å². The smallest absolute Gasteiger partial charge is 0.215 e. The van der Waals surface area contributed by atoms with Gasteiger partial charge < -0.3 is 9.45 Å². The number of rotatable bonds is 3. The first-order valence-corrected chi connectivity index (χ1v) is 12.9. The Morgan fingerprint density at radius 1 is 0.971 bits per heavy atom. The van der Waals surface area contributed by atoms with Crippen LogP contribution in [0.5, 0.6) is 0 Å². The molecule has 6 nitrogen and oxygen atoms in total. The molecular formula is C26H24N2O4S2. The molecule has 0 saturated heterocycles. The molecule has 5 rings (SSSR count). The number of hydrogen-bond donors (Lipinski definition) is 1. The molecule has 1 aliphatic rings. The third-order valence-electron chi connectivity index (χ3n) is 5.54. The maximum absolute atomic E-state index is 8.63. The molecule has 3 aromatic carbocycles. The molecule has 0 amide bonds. The summed E-state index contributed by atoms with van der Waals surface area (Å²) in [6.45, 7) is 3.17. The highest BCUT2D eigenvalue weighted by Crippen LogP contribution is 2.47. The summed E-state index contributed by atoms with van der Waals surface area (Å²) in [6, 6.07) is 30.4. The fourth-order valence-electron chi connectivity index (χ4n) is 3.98. The molecule has 0 bridgehead atoms. The summed E-state index contributed by atoms with van der Waals surface area (Å²) >= 11 is 1.86. The van der Waals surface area contributed by atoms with Gasteiger partial charge in [0.2, 0.25) is 21.6 Å². The molecule has 1 aromatic heterocycles. The summed E-state index contributed by atoms with van der Waals surface area (Å²) in [5.41, 5.74) is 6.28. The molecule has 0 fully saturated rings. The van der Waals surface area contributed by atoms with Gasteiger partial charge in [0.15, 0.2) is 0 Å². The summed E-state index contributed by atoms with van der Waals surface area (Å²) in [5.74, 6) is 0. The van der Waals surface area contributed by atoms with Crippen molar-refractivity contribution in [1.29, 1.82) is 0 Å². The Labute approximate surface area is 203 Å². The number of thioether (sulfide) groups is 1. The molecule has 0 atom stereocenters. The molecule has 0 saturated carbocycles. The highest BCUT2D eigenvalue weighted by molar-refractivity contribution is 8.03. The first-order chi connectivity index (χ1) is 16.2. The van der Waals surface area contributed by atoms with Gasteiger partial charge in [-0.2, -0.15) is 4.57 Å². The van der Waals surface area contributed by atoms with E-state index in [2.05, 4.69) is 114 Å². The van der Waals surface area contributed by atoms with E-state index in [0.29, 0.717) is 0 Å². The second kappa shape index (κ2) is 9.99. The van der Waals surface area contributed by atoms with Crippen LogP contribution in [0.1, 0.15) is 12.6 Å². The van der Waals surface area contributed by atoms with Crippen LogP contribution >= 0.6 is 11.8 Å². The second-order valence-corrected chi connectivity index (χ2v) is 9.60. The van der Waals surface area contributed by atoms with Crippen molar-refractivity contribution < 1.29 is 22.1 Å². The highest BCUT2D eigenvalue weighted by atomic mass is 32.3. The Bertz CT molecular complexity index is 1460. The van der Waals surface area contributed by atoms with E-state index in [1.165, 1.54) is 43.3 Å². The predicted octanol–water partition coefficient (Wildman–Crippen LogP) is 5.27. The minimum Gasteiger partial charge on any atom is -0.726 e. The third kappa shape index (κ3) is 5.48. The lowest BCUT2D eigenvalue weighted by molar-refractivity contribution is -0.646. The molecule has 0 spiro atoms. The normalized spacial score (nSPS) is 14.1. The van der Waals surface area contributed by atoms with Crippen molar-refractivity contribution in [3.05, 3.63) is 95.7 Å². The van der Waals surface area contributed by atoms with E-state index < -0.39 is 10.4 Å². The Hall–Kier alpha value is -3.17. The number of para-hydroxylation sites is 1. The van der Waals surface area contributed by atoms with E-state index in [9.17, 15) is 0 Å². The molecule has 1 aliphatic heterocycles. The Kier molecular flexibility index (Phi) is 7.04. The maximum Gasteiger partial charge on any atom is 0.215 e. The van der Waals surface area contributed by atoms with Crippen molar-refractivity contribution in [3.8, 4) is 11.1 Å². The maximum atomic E-state index is 8.63. The fourth-order valence-corrected chi connectivity index (χ4v) is 5.13.